The minimum absolute atomic E-state index is 0.0250. The zero-order valence-corrected chi connectivity index (χ0v) is 16.1. The van der Waals surface area contributed by atoms with Gasteiger partial charge in [0.2, 0.25) is 5.91 Å². The second-order valence-electron chi connectivity index (χ2n) is 7.26. The van der Waals surface area contributed by atoms with Crippen LogP contribution in [0, 0.1) is 26.7 Å². The monoisotopic (exact) mass is 366 g/mol. The number of amides is 2. The van der Waals surface area contributed by atoms with Crippen molar-refractivity contribution < 1.29 is 14.3 Å². The minimum atomic E-state index is -0.179. The Kier molecular flexibility index (Phi) is 5.79. The second kappa shape index (κ2) is 8.25. The lowest BCUT2D eigenvalue weighted by Gasteiger charge is -2.13. The van der Waals surface area contributed by atoms with Crippen LogP contribution < -0.4 is 15.4 Å². The highest BCUT2D eigenvalue weighted by Crippen LogP contribution is 2.30. The van der Waals surface area contributed by atoms with E-state index < -0.39 is 0 Å². The molecule has 1 aliphatic rings. The Morgan fingerprint density at radius 2 is 1.78 bits per heavy atom. The number of nitrogens with one attached hydrogen (secondary N) is 2. The molecule has 0 radical (unpaired) electrons. The van der Waals surface area contributed by atoms with Crippen LogP contribution in [-0.4, -0.2) is 18.4 Å². The van der Waals surface area contributed by atoms with Crippen LogP contribution in [0.5, 0.6) is 5.75 Å². The summed E-state index contributed by atoms with van der Waals surface area (Å²) in [6, 6.07) is 11.6. The second-order valence-corrected chi connectivity index (χ2v) is 7.26. The van der Waals surface area contributed by atoms with E-state index in [4.69, 9.17) is 4.74 Å². The Hall–Kier alpha value is -2.82. The highest BCUT2D eigenvalue weighted by atomic mass is 16.5. The van der Waals surface area contributed by atoms with Crippen LogP contribution in [0.2, 0.25) is 0 Å². The summed E-state index contributed by atoms with van der Waals surface area (Å²) in [5, 5.41) is 5.78. The number of rotatable bonds is 7. The molecule has 0 unspecified atom stereocenters. The molecule has 5 nitrogen and oxygen atoms in total. The Morgan fingerprint density at radius 1 is 1.07 bits per heavy atom. The van der Waals surface area contributed by atoms with Crippen LogP contribution in [0.25, 0.3) is 0 Å². The van der Waals surface area contributed by atoms with Crippen molar-refractivity contribution in [2.24, 2.45) is 5.92 Å². The molecule has 1 aliphatic carbocycles. The van der Waals surface area contributed by atoms with Crippen molar-refractivity contribution in [2.45, 2.75) is 40.2 Å². The summed E-state index contributed by atoms with van der Waals surface area (Å²) in [5.74, 6) is 0.829. The van der Waals surface area contributed by atoms with Crippen molar-refractivity contribution >= 4 is 17.5 Å². The molecule has 0 aromatic heterocycles. The van der Waals surface area contributed by atoms with Crippen molar-refractivity contribution in [3.05, 3.63) is 58.7 Å². The zero-order valence-electron chi connectivity index (χ0n) is 16.1. The van der Waals surface area contributed by atoms with Gasteiger partial charge in [-0.3, -0.25) is 9.59 Å². The molecule has 0 spiro atoms. The summed E-state index contributed by atoms with van der Waals surface area (Å²) in [6.07, 6.45) is 1.95. The summed E-state index contributed by atoms with van der Waals surface area (Å²) >= 11 is 0. The molecular weight excluding hydrogens is 340 g/mol. The Morgan fingerprint density at radius 3 is 2.44 bits per heavy atom. The largest absolute Gasteiger partial charge is 0.483 e. The van der Waals surface area contributed by atoms with E-state index in [2.05, 4.69) is 10.6 Å². The first-order chi connectivity index (χ1) is 12.9. The Bertz CT molecular complexity index is 833. The molecule has 142 valence electrons. The van der Waals surface area contributed by atoms with E-state index in [1.165, 1.54) is 5.56 Å². The quantitative estimate of drug-likeness (QED) is 0.786. The van der Waals surface area contributed by atoms with E-state index in [1.807, 2.05) is 57.2 Å². The molecule has 2 N–H and O–H groups in total. The van der Waals surface area contributed by atoms with E-state index in [0.717, 1.165) is 41.0 Å². The summed E-state index contributed by atoms with van der Waals surface area (Å²) < 4.78 is 5.71. The van der Waals surface area contributed by atoms with Gasteiger partial charge >= 0.3 is 0 Å². The van der Waals surface area contributed by atoms with Crippen molar-refractivity contribution in [3.8, 4) is 5.75 Å². The molecule has 27 heavy (non-hydrogen) atoms. The van der Waals surface area contributed by atoms with E-state index in [1.54, 1.807) is 0 Å². The third-order valence-electron chi connectivity index (χ3n) is 4.58. The highest BCUT2D eigenvalue weighted by Gasteiger charge is 2.29. The van der Waals surface area contributed by atoms with Crippen molar-refractivity contribution in [3.63, 3.8) is 0 Å². The molecule has 1 saturated carbocycles. The van der Waals surface area contributed by atoms with Crippen molar-refractivity contribution in [2.75, 3.05) is 11.9 Å². The summed E-state index contributed by atoms with van der Waals surface area (Å²) in [6.45, 7) is 6.37. The summed E-state index contributed by atoms with van der Waals surface area (Å²) in [7, 11) is 0. The van der Waals surface area contributed by atoms with Crippen LogP contribution in [0.3, 0.4) is 0 Å². The van der Waals surface area contributed by atoms with Crippen LogP contribution in [-0.2, 0) is 16.1 Å². The van der Waals surface area contributed by atoms with Crippen LogP contribution in [0.4, 0.5) is 5.69 Å². The van der Waals surface area contributed by atoms with Gasteiger partial charge in [0.25, 0.3) is 5.91 Å². The predicted molar refractivity (Wildman–Crippen MR) is 106 cm³/mol. The van der Waals surface area contributed by atoms with Gasteiger partial charge in [0, 0.05) is 18.2 Å². The average Bonchev–Trinajstić information content (AvgIpc) is 3.44. The van der Waals surface area contributed by atoms with Crippen LogP contribution in [0.1, 0.15) is 35.1 Å². The van der Waals surface area contributed by atoms with Crippen molar-refractivity contribution in [1.29, 1.82) is 0 Å². The minimum Gasteiger partial charge on any atom is -0.483 e. The molecule has 0 heterocycles. The van der Waals surface area contributed by atoms with E-state index in [0.29, 0.717) is 6.54 Å². The van der Waals surface area contributed by atoms with Crippen molar-refractivity contribution in [1.82, 2.24) is 5.32 Å². The molecule has 0 aliphatic heterocycles. The smallest absolute Gasteiger partial charge is 0.258 e. The normalized spacial score (nSPS) is 13.1. The van der Waals surface area contributed by atoms with Gasteiger partial charge in [-0.2, -0.15) is 0 Å². The van der Waals surface area contributed by atoms with Gasteiger partial charge in [-0.1, -0.05) is 29.8 Å². The van der Waals surface area contributed by atoms with E-state index in [9.17, 15) is 9.59 Å². The zero-order chi connectivity index (χ0) is 19.4. The maximum atomic E-state index is 12.1. The predicted octanol–water partition coefficient (Wildman–Crippen LogP) is 3.66. The molecule has 0 atom stereocenters. The fourth-order valence-electron chi connectivity index (χ4n) is 3.13. The third kappa shape index (κ3) is 5.33. The number of aryl methyl sites for hydroxylation is 3. The molecule has 0 bridgehead atoms. The first-order valence-corrected chi connectivity index (χ1v) is 9.29. The Balaban J connectivity index is 1.50. The van der Waals surface area contributed by atoms with Gasteiger partial charge in [-0.15, -0.1) is 0 Å². The average molecular weight is 366 g/mol. The number of carbonyl (C=O) groups is 2. The summed E-state index contributed by atoms with van der Waals surface area (Å²) in [4.78, 5) is 24.0. The molecule has 3 rings (SSSR count). The molecule has 5 heteroatoms. The molecule has 1 fully saturated rings. The molecule has 0 saturated heterocycles. The SMILES string of the molecule is Cc1cc(C)c(OCC(=O)NCc2cccc(NC(=O)C3CC3)c2)c(C)c1. The van der Waals surface area contributed by atoms with Gasteiger partial charge in [-0.25, -0.2) is 0 Å². The Labute approximate surface area is 160 Å². The lowest BCUT2D eigenvalue weighted by atomic mass is 10.1. The first-order valence-electron chi connectivity index (χ1n) is 9.29. The molecular formula is C22H26N2O3. The number of ether oxygens (including phenoxy) is 1. The fraction of sp³-hybridized carbons (Fsp3) is 0.364. The third-order valence-corrected chi connectivity index (χ3v) is 4.58. The van der Waals surface area contributed by atoms with Gasteiger partial charge in [-0.05, 0) is 62.4 Å². The van der Waals surface area contributed by atoms with Gasteiger partial charge in [0.15, 0.2) is 6.61 Å². The summed E-state index contributed by atoms with van der Waals surface area (Å²) in [5.41, 5.74) is 4.93. The van der Waals surface area contributed by atoms with Gasteiger partial charge < -0.3 is 15.4 Å². The van der Waals surface area contributed by atoms with Crippen LogP contribution in [0.15, 0.2) is 36.4 Å². The lowest BCUT2D eigenvalue weighted by molar-refractivity contribution is -0.123. The van der Waals surface area contributed by atoms with Crippen LogP contribution >= 0.6 is 0 Å². The molecule has 2 aromatic carbocycles. The fourth-order valence-corrected chi connectivity index (χ4v) is 3.13. The lowest BCUT2D eigenvalue weighted by Crippen LogP contribution is -2.28. The van der Waals surface area contributed by atoms with Gasteiger partial charge in [0.1, 0.15) is 5.75 Å². The van der Waals surface area contributed by atoms with E-state index >= 15 is 0 Å². The van der Waals surface area contributed by atoms with E-state index in [-0.39, 0.29) is 24.3 Å². The maximum absolute atomic E-state index is 12.1. The number of hydrogen-bond acceptors (Lipinski definition) is 3. The number of benzene rings is 2. The topological polar surface area (TPSA) is 67.4 Å². The first kappa shape index (κ1) is 19.0. The molecule has 2 amide bonds. The standard InChI is InChI=1S/C22H26N2O3/c1-14-9-15(2)21(16(3)10-14)27-13-20(25)23-12-17-5-4-6-19(11-17)24-22(26)18-7-8-18/h4-6,9-11,18H,7-8,12-13H2,1-3H3,(H,23,25)(H,24,26). The van der Waals surface area contributed by atoms with Gasteiger partial charge in [0.05, 0.1) is 0 Å². The molecule has 2 aromatic rings. The highest BCUT2D eigenvalue weighted by molar-refractivity contribution is 5.94. The number of carbonyl (C=O) groups excluding carboxylic acids is 2. The number of anilines is 1. The maximum Gasteiger partial charge on any atom is 0.258 e. The number of hydrogen-bond donors (Lipinski definition) is 2.